The van der Waals surface area contributed by atoms with Crippen LogP contribution < -0.4 is 0 Å². The van der Waals surface area contributed by atoms with Crippen LogP contribution in [0.15, 0.2) is 11.4 Å². The summed E-state index contributed by atoms with van der Waals surface area (Å²) in [4.78, 5) is 3.81. The van der Waals surface area contributed by atoms with Crippen molar-refractivity contribution in [3.05, 3.63) is 21.9 Å². The lowest BCUT2D eigenvalue weighted by atomic mass is 9.85. The minimum absolute atomic E-state index is 0.0647. The smallest absolute Gasteiger partial charge is 0.104 e. The van der Waals surface area contributed by atoms with Crippen LogP contribution in [0, 0.1) is 17.8 Å². The van der Waals surface area contributed by atoms with Gasteiger partial charge >= 0.3 is 0 Å². The fourth-order valence-corrected chi connectivity index (χ4v) is 3.90. The molecule has 0 aromatic carbocycles. The molecular weight excluding hydrogens is 254 g/mol. The van der Waals surface area contributed by atoms with Crippen molar-refractivity contribution < 1.29 is 5.11 Å². The second-order valence-electron chi connectivity index (χ2n) is 5.46. The lowest BCUT2D eigenvalue weighted by Gasteiger charge is -2.36. The average molecular weight is 277 g/mol. The molecule has 1 aliphatic rings. The molecule has 104 valence electrons. The van der Waals surface area contributed by atoms with Crippen molar-refractivity contribution in [1.82, 2.24) is 4.90 Å². The molecule has 0 saturated heterocycles. The summed E-state index contributed by atoms with van der Waals surface area (Å²) in [5.41, 5.74) is 1.08. The van der Waals surface area contributed by atoms with Crippen molar-refractivity contribution in [3.63, 3.8) is 0 Å². The highest BCUT2D eigenvalue weighted by Gasteiger charge is 2.25. The van der Waals surface area contributed by atoms with Crippen LogP contribution in [0.4, 0.5) is 0 Å². The van der Waals surface area contributed by atoms with Crippen LogP contribution in [0.3, 0.4) is 0 Å². The third-order valence-electron chi connectivity index (χ3n) is 4.07. The van der Waals surface area contributed by atoms with E-state index in [-0.39, 0.29) is 6.61 Å². The SMILES string of the molecule is CC1CCCCC1N(C)Cc1sccc1C#CCO. The molecule has 0 bridgehead atoms. The van der Waals surface area contributed by atoms with Crippen molar-refractivity contribution in [3.8, 4) is 11.8 Å². The van der Waals surface area contributed by atoms with Crippen molar-refractivity contribution >= 4 is 11.3 Å². The Balaban J connectivity index is 2.02. The number of aliphatic hydroxyl groups is 1. The van der Waals surface area contributed by atoms with E-state index in [0.717, 1.165) is 18.0 Å². The summed E-state index contributed by atoms with van der Waals surface area (Å²) in [6.07, 6.45) is 5.43. The third-order valence-corrected chi connectivity index (χ3v) is 4.98. The Morgan fingerprint density at radius 2 is 2.21 bits per heavy atom. The highest BCUT2D eigenvalue weighted by Crippen LogP contribution is 2.29. The first-order valence-corrected chi connectivity index (χ1v) is 7.96. The first kappa shape index (κ1) is 14.6. The zero-order valence-electron chi connectivity index (χ0n) is 11.9. The summed E-state index contributed by atoms with van der Waals surface area (Å²) in [6.45, 7) is 3.29. The lowest BCUT2D eigenvalue weighted by molar-refractivity contribution is 0.134. The molecule has 1 heterocycles. The Morgan fingerprint density at radius 3 is 2.95 bits per heavy atom. The average Bonchev–Trinajstić information content (AvgIpc) is 2.84. The van der Waals surface area contributed by atoms with Crippen molar-refractivity contribution in [2.75, 3.05) is 13.7 Å². The normalized spacial score (nSPS) is 23.2. The van der Waals surface area contributed by atoms with E-state index < -0.39 is 0 Å². The molecule has 0 amide bonds. The van der Waals surface area contributed by atoms with Crippen molar-refractivity contribution in [1.29, 1.82) is 0 Å². The molecule has 0 radical (unpaired) electrons. The quantitative estimate of drug-likeness (QED) is 0.858. The van der Waals surface area contributed by atoms with Crippen molar-refractivity contribution in [2.45, 2.75) is 45.2 Å². The minimum atomic E-state index is -0.0647. The van der Waals surface area contributed by atoms with Crippen LogP contribution in [-0.2, 0) is 6.54 Å². The van der Waals surface area contributed by atoms with Gasteiger partial charge in [-0.1, -0.05) is 31.6 Å². The molecule has 1 aromatic rings. The Morgan fingerprint density at radius 1 is 1.42 bits per heavy atom. The van der Waals surface area contributed by atoms with E-state index in [0.29, 0.717) is 6.04 Å². The molecule has 2 atom stereocenters. The molecule has 1 aliphatic carbocycles. The third kappa shape index (κ3) is 3.82. The summed E-state index contributed by atoms with van der Waals surface area (Å²) in [5, 5.41) is 10.9. The molecule has 1 N–H and O–H groups in total. The zero-order chi connectivity index (χ0) is 13.7. The lowest BCUT2D eigenvalue weighted by Crippen LogP contribution is -2.38. The summed E-state index contributed by atoms with van der Waals surface area (Å²) in [7, 11) is 2.23. The topological polar surface area (TPSA) is 23.5 Å². The largest absolute Gasteiger partial charge is 0.384 e. The predicted octanol–water partition coefficient (Wildman–Crippen LogP) is 3.10. The van der Waals surface area contributed by atoms with Gasteiger partial charge in [0.15, 0.2) is 0 Å². The number of hydrogen-bond acceptors (Lipinski definition) is 3. The highest BCUT2D eigenvalue weighted by molar-refractivity contribution is 7.10. The van der Waals surface area contributed by atoms with E-state index in [1.807, 2.05) is 0 Å². The number of aliphatic hydroxyl groups excluding tert-OH is 1. The fraction of sp³-hybridized carbons (Fsp3) is 0.625. The summed E-state index contributed by atoms with van der Waals surface area (Å²) >= 11 is 1.77. The maximum atomic E-state index is 8.80. The second-order valence-corrected chi connectivity index (χ2v) is 6.46. The van der Waals surface area contributed by atoms with Gasteiger partial charge in [-0.3, -0.25) is 4.90 Å². The molecule has 0 spiro atoms. The fourth-order valence-electron chi connectivity index (χ4n) is 3.00. The second kappa shape index (κ2) is 7.09. The molecule has 3 heteroatoms. The van der Waals surface area contributed by atoms with Gasteiger partial charge in [0, 0.05) is 23.0 Å². The van der Waals surface area contributed by atoms with E-state index in [1.54, 1.807) is 11.3 Å². The van der Waals surface area contributed by atoms with Gasteiger partial charge in [-0.15, -0.1) is 11.3 Å². The van der Waals surface area contributed by atoms with Gasteiger partial charge in [-0.2, -0.15) is 0 Å². The Hall–Kier alpha value is -0.820. The molecule has 2 unspecified atom stereocenters. The van der Waals surface area contributed by atoms with Gasteiger partial charge in [0.2, 0.25) is 0 Å². The molecule has 0 aliphatic heterocycles. The Bertz CT molecular complexity index is 457. The molecular formula is C16H23NOS. The molecule has 1 fully saturated rings. The van der Waals surface area contributed by atoms with Gasteiger partial charge in [-0.25, -0.2) is 0 Å². The van der Waals surface area contributed by atoms with E-state index in [2.05, 4.69) is 42.2 Å². The summed E-state index contributed by atoms with van der Waals surface area (Å²) < 4.78 is 0. The van der Waals surface area contributed by atoms with E-state index in [1.165, 1.54) is 30.6 Å². The molecule has 2 rings (SSSR count). The Kier molecular flexibility index (Phi) is 5.45. The first-order valence-electron chi connectivity index (χ1n) is 7.08. The van der Waals surface area contributed by atoms with Crippen LogP contribution in [-0.4, -0.2) is 29.7 Å². The van der Waals surface area contributed by atoms with Crippen LogP contribution in [0.5, 0.6) is 0 Å². The predicted molar refractivity (Wildman–Crippen MR) is 81.2 cm³/mol. The van der Waals surface area contributed by atoms with E-state index in [4.69, 9.17) is 5.11 Å². The van der Waals surface area contributed by atoms with Gasteiger partial charge in [0.25, 0.3) is 0 Å². The number of nitrogens with zero attached hydrogens (tertiary/aromatic N) is 1. The molecule has 19 heavy (non-hydrogen) atoms. The van der Waals surface area contributed by atoms with Crippen LogP contribution in [0.2, 0.25) is 0 Å². The molecule has 2 nitrogen and oxygen atoms in total. The maximum Gasteiger partial charge on any atom is 0.104 e. The Labute approximate surface area is 120 Å². The standard InChI is InChI=1S/C16H23NOS/c1-13-6-3-4-8-15(13)17(2)12-16-14(7-5-10-18)9-11-19-16/h9,11,13,15,18H,3-4,6,8,10,12H2,1-2H3. The van der Waals surface area contributed by atoms with Crippen LogP contribution in [0.25, 0.3) is 0 Å². The number of thiophene rings is 1. The highest BCUT2D eigenvalue weighted by atomic mass is 32.1. The summed E-state index contributed by atoms with van der Waals surface area (Å²) in [5.74, 6) is 6.59. The van der Waals surface area contributed by atoms with Gasteiger partial charge < -0.3 is 5.11 Å². The zero-order valence-corrected chi connectivity index (χ0v) is 12.7. The van der Waals surface area contributed by atoms with E-state index in [9.17, 15) is 0 Å². The minimum Gasteiger partial charge on any atom is -0.384 e. The van der Waals surface area contributed by atoms with Crippen molar-refractivity contribution in [2.24, 2.45) is 5.92 Å². The number of rotatable bonds is 3. The maximum absolute atomic E-state index is 8.80. The number of hydrogen-bond donors (Lipinski definition) is 1. The van der Waals surface area contributed by atoms with Gasteiger partial charge in [0.05, 0.1) is 0 Å². The van der Waals surface area contributed by atoms with Crippen LogP contribution >= 0.6 is 11.3 Å². The molecule has 1 aromatic heterocycles. The molecule has 1 saturated carbocycles. The van der Waals surface area contributed by atoms with Gasteiger partial charge in [-0.05, 0) is 37.3 Å². The summed E-state index contributed by atoms with van der Waals surface area (Å²) in [6, 6.07) is 2.76. The van der Waals surface area contributed by atoms with Crippen LogP contribution in [0.1, 0.15) is 43.0 Å². The first-order chi connectivity index (χ1) is 9.22. The van der Waals surface area contributed by atoms with E-state index >= 15 is 0 Å². The van der Waals surface area contributed by atoms with Gasteiger partial charge in [0.1, 0.15) is 6.61 Å². The monoisotopic (exact) mass is 277 g/mol.